The van der Waals surface area contributed by atoms with Crippen molar-refractivity contribution in [1.82, 2.24) is 14.3 Å². The normalized spacial score (nSPS) is 11.3. The van der Waals surface area contributed by atoms with Crippen LogP contribution < -0.4 is 0 Å². The molecular weight excluding hydrogens is 250 g/mol. The van der Waals surface area contributed by atoms with E-state index in [1.807, 2.05) is 23.7 Å². The van der Waals surface area contributed by atoms with Crippen molar-refractivity contribution >= 4 is 10.9 Å². The zero-order valence-electron chi connectivity index (χ0n) is 11.9. The van der Waals surface area contributed by atoms with Gasteiger partial charge in [0, 0.05) is 23.6 Å². The third kappa shape index (κ3) is 2.12. The second kappa shape index (κ2) is 5.13. The van der Waals surface area contributed by atoms with Crippen LogP contribution in [0.2, 0.25) is 0 Å². The molecule has 0 saturated carbocycles. The van der Waals surface area contributed by atoms with Crippen LogP contribution in [0, 0.1) is 6.92 Å². The van der Waals surface area contributed by atoms with Crippen molar-refractivity contribution in [2.24, 2.45) is 0 Å². The summed E-state index contributed by atoms with van der Waals surface area (Å²) in [6, 6.07) is 10.2. The van der Waals surface area contributed by atoms with Gasteiger partial charge in [-0.25, -0.2) is 0 Å². The van der Waals surface area contributed by atoms with Crippen LogP contribution in [0.15, 0.2) is 36.5 Å². The quantitative estimate of drug-likeness (QED) is 0.791. The summed E-state index contributed by atoms with van der Waals surface area (Å²) in [5.74, 6) is 0. The number of aliphatic hydroxyl groups excluding tert-OH is 1. The Balaban J connectivity index is 2.03. The van der Waals surface area contributed by atoms with E-state index in [0.717, 1.165) is 35.2 Å². The molecule has 3 rings (SSSR count). The molecular formula is C16H19N3O. The van der Waals surface area contributed by atoms with E-state index < -0.39 is 0 Å². The Kier molecular flexibility index (Phi) is 3.32. The van der Waals surface area contributed by atoms with Gasteiger partial charge in [-0.3, -0.25) is 4.68 Å². The Hall–Kier alpha value is -2.07. The number of hydrogen-bond donors (Lipinski definition) is 1. The van der Waals surface area contributed by atoms with Crippen LogP contribution in [0.25, 0.3) is 10.9 Å². The van der Waals surface area contributed by atoms with Crippen molar-refractivity contribution in [3.63, 3.8) is 0 Å². The van der Waals surface area contributed by atoms with Gasteiger partial charge in [0.2, 0.25) is 0 Å². The van der Waals surface area contributed by atoms with Crippen LogP contribution in [0.3, 0.4) is 0 Å². The Morgan fingerprint density at radius 3 is 2.85 bits per heavy atom. The molecule has 0 aliphatic carbocycles. The summed E-state index contributed by atoms with van der Waals surface area (Å²) in [6.07, 6.45) is 2.08. The van der Waals surface area contributed by atoms with Gasteiger partial charge < -0.3 is 9.67 Å². The second-order valence-electron chi connectivity index (χ2n) is 5.04. The van der Waals surface area contributed by atoms with E-state index in [-0.39, 0.29) is 6.61 Å². The number of rotatable bonds is 4. The van der Waals surface area contributed by atoms with Crippen molar-refractivity contribution in [3.8, 4) is 0 Å². The maximum absolute atomic E-state index is 9.40. The van der Waals surface area contributed by atoms with Gasteiger partial charge in [-0.05, 0) is 37.6 Å². The molecule has 0 fully saturated rings. The minimum absolute atomic E-state index is 0.0767. The van der Waals surface area contributed by atoms with Crippen molar-refractivity contribution in [2.75, 3.05) is 0 Å². The van der Waals surface area contributed by atoms with E-state index >= 15 is 0 Å². The van der Waals surface area contributed by atoms with E-state index in [4.69, 9.17) is 0 Å². The molecule has 0 atom stereocenters. The first kappa shape index (κ1) is 12.9. The third-order valence-corrected chi connectivity index (χ3v) is 3.69. The lowest BCUT2D eigenvalue weighted by Crippen LogP contribution is -2.07. The van der Waals surface area contributed by atoms with Gasteiger partial charge in [0.25, 0.3) is 0 Å². The van der Waals surface area contributed by atoms with Gasteiger partial charge in [0.15, 0.2) is 0 Å². The summed E-state index contributed by atoms with van der Waals surface area (Å²) in [6.45, 7) is 5.88. The Bertz CT molecular complexity index is 739. The molecule has 0 amide bonds. The molecule has 1 N–H and O–H groups in total. The summed E-state index contributed by atoms with van der Waals surface area (Å²) in [7, 11) is 0. The molecule has 20 heavy (non-hydrogen) atoms. The van der Waals surface area contributed by atoms with Crippen molar-refractivity contribution in [3.05, 3.63) is 53.5 Å². The number of aliphatic hydroxyl groups is 1. The molecule has 2 aromatic heterocycles. The number of aryl methyl sites for hydroxylation is 2. The van der Waals surface area contributed by atoms with Crippen molar-refractivity contribution in [1.29, 1.82) is 0 Å². The first-order valence-corrected chi connectivity index (χ1v) is 6.94. The second-order valence-corrected chi connectivity index (χ2v) is 5.04. The molecule has 104 valence electrons. The predicted molar refractivity (Wildman–Crippen MR) is 79.6 cm³/mol. The average molecular weight is 269 g/mol. The topological polar surface area (TPSA) is 43.0 Å². The number of hydrogen-bond acceptors (Lipinski definition) is 2. The molecule has 0 aliphatic heterocycles. The van der Waals surface area contributed by atoms with E-state index in [0.29, 0.717) is 0 Å². The fraction of sp³-hybridized carbons (Fsp3) is 0.312. The maximum Gasteiger partial charge on any atom is 0.0688 e. The largest absolute Gasteiger partial charge is 0.392 e. The molecule has 0 saturated heterocycles. The lowest BCUT2D eigenvalue weighted by Gasteiger charge is -2.08. The van der Waals surface area contributed by atoms with E-state index in [9.17, 15) is 5.11 Å². The van der Waals surface area contributed by atoms with Crippen LogP contribution in [-0.4, -0.2) is 19.5 Å². The third-order valence-electron chi connectivity index (χ3n) is 3.69. The highest BCUT2D eigenvalue weighted by Crippen LogP contribution is 2.21. The first-order valence-electron chi connectivity index (χ1n) is 6.94. The zero-order valence-corrected chi connectivity index (χ0v) is 11.9. The molecule has 0 unspecified atom stereocenters. The number of fused-ring (bicyclic) bond motifs is 1. The predicted octanol–water partition coefficient (Wildman–Crippen LogP) is 2.71. The average Bonchev–Trinajstić information content (AvgIpc) is 3.03. The van der Waals surface area contributed by atoms with Crippen molar-refractivity contribution < 1.29 is 5.11 Å². The molecule has 1 aromatic carbocycles. The van der Waals surface area contributed by atoms with E-state index in [2.05, 4.69) is 41.0 Å². The SMILES string of the molecule is CCn1nc(C)cc1Cn1ccc2c(CO)cccc21. The molecule has 0 spiro atoms. The smallest absolute Gasteiger partial charge is 0.0688 e. The fourth-order valence-electron chi connectivity index (χ4n) is 2.74. The minimum Gasteiger partial charge on any atom is -0.392 e. The molecule has 0 radical (unpaired) electrons. The number of nitrogens with zero attached hydrogens (tertiary/aromatic N) is 3. The monoisotopic (exact) mass is 269 g/mol. The lowest BCUT2D eigenvalue weighted by molar-refractivity contribution is 0.283. The molecule has 4 nitrogen and oxygen atoms in total. The summed E-state index contributed by atoms with van der Waals surface area (Å²) in [4.78, 5) is 0. The van der Waals surface area contributed by atoms with Crippen LogP contribution in [-0.2, 0) is 19.7 Å². The highest BCUT2D eigenvalue weighted by molar-refractivity contribution is 5.83. The standard InChI is InChI=1S/C16H19N3O/c1-3-19-14(9-12(2)17-19)10-18-8-7-15-13(11-20)5-4-6-16(15)18/h4-9,20H,3,10-11H2,1-2H3. The summed E-state index contributed by atoms with van der Waals surface area (Å²) in [5.41, 5.74) is 4.38. The molecule has 2 heterocycles. The van der Waals surface area contributed by atoms with Crippen LogP contribution in [0.1, 0.15) is 23.9 Å². The molecule has 4 heteroatoms. The number of aromatic nitrogens is 3. The summed E-state index contributed by atoms with van der Waals surface area (Å²) in [5, 5.41) is 15.0. The van der Waals surface area contributed by atoms with Gasteiger partial charge in [-0.1, -0.05) is 12.1 Å². The Labute approximate surface area is 118 Å². The van der Waals surface area contributed by atoms with Gasteiger partial charge >= 0.3 is 0 Å². The lowest BCUT2D eigenvalue weighted by atomic mass is 10.1. The van der Waals surface area contributed by atoms with Gasteiger partial charge in [0.1, 0.15) is 0 Å². The summed E-state index contributed by atoms with van der Waals surface area (Å²) < 4.78 is 4.24. The van der Waals surface area contributed by atoms with Crippen LogP contribution in [0.5, 0.6) is 0 Å². The van der Waals surface area contributed by atoms with E-state index in [1.165, 1.54) is 5.69 Å². The maximum atomic E-state index is 9.40. The van der Waals surface area contributed by atoms with Gasteiger partial charge in [-0.15, -0.1) is 0 Å². The Morgan fingerprint density at radius 2 is 2.10 bits per heavy atom. The molecule has 0 aliphatic rings. The molecule has 3 aromatic rings. The van der Waals surface area contributed by atoms with Crippen LogP contribution >= 0.6 is 0 Å². The highest BCUT2D eigenvalue weighted by atomic mass is 16.3. The fourth-order valence-corrected chi connectivity index (χ4v) is 2.74. The first-order chi connectivity index (χ1) is 9.72. The Morgan fingerprint density at radius 1 is 1.25 bits per heavy atom. The number of benzene rings is 1. The minimum atomic E-state index is 0.0767. The summed E-state index contributed by atoms with van der Waals surface area (Å²) >= 11 is 0. The van der Waals surface area contributed by atoms with Gasteiger partial charge in [-0.2, -0.15) is 5.10 Å². The highest BCUT2D eigenvalue weighted by Gasteiger charge is 2.08. The molecule has 0 bridgehead atoms. The zero-order chi connectivity index (χ0) is 14.1. The van der Waals surface area contributed by atoms with Gasteiger partial charge in [0.05, 0.1) is 24.5 Å². The van der Waals surface area contributed by atoms with E-state index in [1.54, 1.807) is 0 Å². The van der Waals surface area contributed by atoms with Crippen LogP contribution in [0.4, 0.5) is 0 Å². The van der Waals surface area contributed by atoms with Crippen molar-refractivity contribution in [2.45, 2.75) is 33.5 Å².